The molecule has 0 heterocycles. The van der Waals surface area contributed by atoms with E-state index in [9.17, 15) is 23.3 Å². The first-order chi connectivity index (χ1) is 12.8. The maximum atomic E-state index is 12.8. The normalized spacial score (nSPS) is 12.2. The minimum absolute atomic E-state index is 0.117. The van der Waals surface area contributed by atoms with E-state index >= 15 is 0 Å². The molecule has 0 spiro atoms. The van der Waals surface area contributed by atoms with Crippen molar-refractivity contribution in [3.63, 3.8) is 0 Å². The Balaban J connectivity index is 1.90. The Morgan fingerprint density at radius 3 is 2.41 bits per heavy atom. The van der Waals surface area contributed by atoms with Gasteiger partial charge >= 0.3 is 6.18 Å². The Morgan fingerprint density at radius 1 is 1.04 bits per heavy atom. The number of nitro groups is 1. The van der Waals surface area contributed by atoms with Gasteiger partial charge in [0.25, 0.3) is 5.69 Å². The van der Waals surface area contributed by atoms with E-state index in [1.807, 2.05) is 42.5 Å². The highest BCUT2D eigenvalue weighted by Gasteiger charge is 2.33. The zero-order valence-electron chi connectivity index (χ0n) is 14.1. The van der Waals surface area contributed by atoms with Crippen molar-refractivity contribution in [1.82, 2.24) is 0 Å². The Kier molecular flexibility index (Phi) is 4.81. The molecule has 3 aromatic carbocycles. The molecule has 0 fully saturated rings. The molecule has 0 saturated carbocycles. The van der Waals surface area contributed by atoms with Crippen LogP contribution < -0.4 is 5.43 Å². The zero-order chi connectivity index (χ0) is 19.6. The molecule has 8 heteroatoms. The lowest BCUT2D eigenvalue weighted by molar-refractivity contribution is -0.384. The highest BCUT2D eigenvalue weighted by molar-refractivity contribution is 6.02. The third kappa shape index (κ3) is 4.05. The van der Waals surface area contributed by atoms with Crippen molar-refractivity contribution in [2.45, 2.75) is 13.1 Å². The number of fused-ring (bicyclic) bond motifs is 1. The molecule has 3 rings (SSSR count). The fourth-order valence-electron chi connectivity index (χ4n) is 2.58. The van der Waals surface area contributed by atoms with E-state index in [0.29, 0.717) is 11.8 Å². The zero-order valence-corrected chi connectivity index (χ0v) is 14.1. The Labute approximate surface area is 152 Å². The maximum Gasteiger partial charge on any atom is 0.416 e. The summed E-state index contributed by atoms with van der Waals surface area (Å²) >= 11 is 0. The Hall–Kier alpha value is -3.42. The second-order valence-corrected chi connectivity index (χ2v) is 5.86. The Morgan fingerprint density at radius 2 is 1.74 bits per heavy atom. The molecule has 0 unspecified atom stereocenters. The van der Waals surface area contributed by atoms with Gasteiger partial charge in [-0.3, -0.25) is 15.5 Å². The number of nitrogens with zero attached hydrogens (tertiary/aromatic N) is 2. The van der Waals surface area contributed by atoms with Crippen molar-refractivity contribution >= 4 is 27.9 Å². The van der Waals surface area contributed by atoms with Crippen LogP contribution in [0.5, 0.6) is 0 Å². The lowest BCUT2D eigenvalue weighted by Gasteiger charge is -2.09. The summed E-state index contributed by atoms with van der Waals surface area (Å²) in [5.74, 6) is 0. The SMILES string of the molecule is C/C(=N\Nc1ccc(C(F)(F)F)cc1[N+](=O)[O-])c1ccc2ccccc2c1. The number of benzene rings is 3. The third-order valence-corrected chi connectivity index (χ3v) is 4.03. The van der Waals surface area contributed by atoms with Gasteiger partial charge in [-0.15, -0.1) is 0 Å². The van der Waals surface area contributed by atoms with E-state index in [1.165, 1.54) is 0 Å². The van der Waals surface area contributed by atoms with E-state index in [4.69, 9.17) is 0 Å². The molecule has 0 radical (unpaired) electrons. The predicted octanol–water partition coefficient (Wildman–Crippen LogP) is 5.60. The molecule has 0 amide bonds. The molecule has 0 bridgehead atoms. The van der Waals surface area contributed by atoms with Gasteiger partial charge in [-0.05, 0) is 41.5 Å². The first kappa shape index (κ1) is 18.4. The van der Waals surface area contributed by atoms with Gasteiger partial charge in [0.05, 0.1) is 16.2 Å². The average Bonchev–Trinajstić information content (AvgIpc) is 2.64. The Bertz CT molecular complexity index is 1050. The summed E-state index contributed by atoms with van der Waals surface area (Å²) in [6, 6.07) is 15.7. The maximum absolute atomic E-state index is 12.8. The molecule has 5 nitrogen and oxygen atoms in total. The van der Waals surface area contributed by atoms with Gasteiger partial charge < -0.3 is 0 Å². The van der Waals surface area contributed by atoms with Crippen LogP contribution in [-0.4, -0.2) is 10.6 Å². The second kappa shape index (κ2) is 7.06. The highest BCUT2D eigenvalue weighted by atomic mass is 19.4. The van der Waals surface area contributed by atoms with Crippen LogP contribution in [0.25, 0.3) is 10.8 Å². The van der Waals surface area contributed by atoms with Gasteiger partial charge in [0.2, 0.25) is 0 Å². The van der Waals surface area contributed by atoms with Crippen molar-refractivity contribution in [3.8, 4) is 0 Å². The number of hydrazone groups is 1. The molecule has 0 aliphatic rings. The quantitative estimate of drug-likeness (QED) is 0.368. The minimum atomic E-state index is -4.66. The van der Waals surface area contributed by atoms with Crippen LogP contribution in [0.2, 0.25) is 0 Å². The topological polar surface area (TPSA) is 67.5 Å². The van der Waals surface area contributed by atoms with Gasteiger partial charge in [0, 0.05) is 6.07 Å². The summed E-state index contributed by atoms with van der Waals surface area (Å²) in [7, 11) is 0. The summed E-state index contributed by atoms with van der Waals surface area (Å²) in [5.41, 5.74) is 1.92. The van der Waals surface area contributed by atoms with Crippen molar-refractivity contribution < 1.29 is 18.1 Å². The summed E-state index contributed by atoms with van der Waals surface area (Å²) in [5, 5.41) is 17.3. The van der Waals surface area contributed by atoms with Gasteiger partial charge in [0.1, 0.15) is 5.69 Å². The second-order valence-electron chi connectivity index (χ2n) is 5.86. The number of alkyl halides is 3. The molecular formula is C19H14F3N3O2. The monoisotopic (exact) mass is 373 g/mol. The molecule has 0 aromatic heterocycles. The third-order valence-electron chi connectivity index (χ3n) is 4.03. The van der Waals surface area contributed by atoms with Crippen LogP contribution in [-0.2, 0) is 6.18 Å². The molecule has 138 valence electrons. The number of nitrogens with one attached hydrogen (secondary N) is 1. The summed E-state index contributed by atoms with van der Waals surface area (Å²) < 4.78 is 38.3. The number of nitro benzene ring substituents is 1. The van der Waals surface area contributed by atoms with Crippen LogP contribution in [0.1, 0.15) is 18.1 Å². The molecule has 0 atom stereocenters. The van der Waals surface area contributed by atoms with Crippen LogP contribution in [0.4, 0.5) is 24.5 Å². The van der Waals surface area contributed by atoms with Gasteiger partial charge in [-0.1, -0.05) is 36.4 Å². The van der Waals surface area contributed by atoms with E-state index in [0.717, 1.165) is 28.5 Å². The summed E-state index contributed by atoms with van der Waals surface area (Å²) in [4.78, 5) is 10.2. The molecule has 3 aromatic rings. The van der Waals surface area contributed by atoms with Crippen LogP contribution in [0, 0.1) is 10.1 Å². The van der Waals surface area contributed by atoms with Crippen LogP contribution >= 0.6 is 0 Å². The first-order valence-corrected chi connectivity index (χ1v) is 7.91. The van der Waals surface area contributed by atoms with E-state index in [-0.39, 0.29) is 5.69 Å². The van der Waals surface area contributed by atoms with Crippen molar-refractivity contribution in [2.75, 3.05) is 5.43 Å². The minimum Gasteiger partial charge on any atom is -0.271 e. The van der Waals surface area contributed by atoms with Gasteiger partial charge in [-0.2, -0.15) is 18.3 Å². The lowest BCUT2D eigenvalue weighted by atomic mass is 10.0. The molecule has 0 saturated heterocycles. The lowest BCUT2D eigenvalue weighted by Crippen LogP contribution is -2.07. The van der Waals surface area contributed by atoms with E-state index < -0.39 is 22.4 Å². The largest absolute Gasteiger partial charge is 0.416 e. The first-order valence-electron chi connectivity index (χ1n) is 7.91. The van der Waals surface area contributed by atoms with Crippen molar-refractivity contribution in [2.24, 2.45) is 5.10 Å². The van der Waals surface area contributed by atoms with Crippen molar-refractivity contribution in [3.05, 3.63) is 81.9 Å². The smallest absolute Gasteiger partial charge is 0.271 e. The average molecular weight is 373 g/mol. The number of rotatable bonds is 4. The molecular weight excluding hydrogens is 359 g/mol. The fraction of sp³-hybridized carbons (Fsp3) is 0.105. The number of hydrogen-bond acceptors (Lipinski definition) is 4. The molecule has 27 heavy (non-hydrogen) atoms. The van der Waals surface area contributed by atoms with E-state index in [1.54, 1.807) is 6.92 Å². The summed E-state index contributed by atoms with van der Waals surface area (Å²) in [6.45, 7) is 1.70. The number of halogens is 3. The number of anilines is 1. The molecule has 0 aliphatic heterocycles. The van der Waals surface area contributed by atoms with Gasteiger partial charge in [0.15, 0.2) is 0 Å². The van der Waals surface area contributed by atoms with Crippen LogP contribution in [0.15, 0.2) is 65.8 Å². The standard InChI is InChI=1S/C19H14F3N3O2/c1-12(14-7-6-13-4-2-3-5-15(13)10-14)23-24-17-9-8-16(19(20,21)22)11-18(17)25(26)27/h2-11,24H,1H3/b23-12+. The van der Waals surface area contributed by atoms with E-state index in [2.05, 4.69) is 10.5 Å². The predicted molar refractivity (Wildman–Crippen MR) is 97.9 cm³/mol. The molecule has 0 aliphatic carbocycles. The fourth-order valence-corrected chi connectivity index (χ4v) is 2.58. The summed E-state index contributed by atoms with van der Waals surface area (Å²) in [6.07, 6.45) is -4.66. The van der Waals surface area contributed by atoms with Crippen molar-refractivity contribution in [1.29, 1.82) is 0 Å². The highest BCUT2D eigenvalue weighted by Crippen LogP contribution is 2.35. The van der Waals surface area contributed by atoms with Gasteiger partial charge in [-0.25, -0.2) is 0 Å². The number of hydrogen-bond donors (Lipinski definition) is 1. The molecule has 1 N–H and O–H groups in total. The van der Waals surface area contributed by atoms with Crippen LogP contribution in [0.3, 0.4) is 0 Å².